The van der Waals surface area contributed by atoms with Gasteiger partial charge in [-0.15, -0.1) is 0 Å². The summed E-state index contributed by atoms with van der Waals surface area (Å²) in [7, 11) is 2.23. The van der Waals surface area contributed by atoms with Crippen molar-refractivity contribution in [2.24, 2.45) is 0 Å². The monoisotopic (exact) mass is 219 g/mol. The Kier molecular flexibility index (Phi) is 2.51. The van der Waals surface area contributed by atoms with Crippen LogP contribution in [0, 0.1) is 0 Å². The third-order valence-corrected chi connectivity index (χ3v) is 4.26. The van der Waals surface area contributed by atoms with Gasteiger partial charge in [0.2, 0.25) is 0 Å². The van der Waals surface area contributed by atoms with Crippen LogP contribution >= 0.6 is 0 Å². The van der Waals surface area contributed by atoms with E-state index >= 15 is 0 Å². The number of aromatic nitrogens is 2. The highest BCUT2D eigenvalue weighted by Crippen LogP contribution is 2.34. The minimum Gasteiger partial charge on any atom is -0.330 e. The number of imidazole rings is 1. The lowest BCUT2D eigenvalue weighted by Gasteiger charge is -2.26. The molecular weight excluding hydrogens is 198 g/mol. The normalized spacial score (nSPS) is 30.6. The summed E-state index contributed by atoms with van der Waals surface area (Å²) >= 11 is 0. The van der Waals surface area contributed by atoms with E-state index in [1.807, 2.05) is 0 Å². The van der Waals surface area contributed by atoms with Gasteiger partial charge in [-0.05, 0) is 45.2 Å². The van der Waals surface area contributed by atoms with Gasteiger partial charge in [-0.3, -0.25) is 4.90 Å². The molecule has 1 saturated heterocycles. The SMILES string of the molecule is CC1CCCn2c1cnc2C1CCCN1C. The van der Waals surface area contributed by atoms with E-state index in [4.69, 9.17) is 4.98 Å². The predicted molar refractivity (Wildman–Crippen MR) is 64.5 cm³/mol. The minimum absolute atomic E-state index is 0.569. The summed E-state index contributed by atoms with van der Waals surface area (Å²) in [5.74, 6) is 2.02. The van der Waals surface area contributed by atoms with Crippen molar-refractivity contribution in [1.82, 2.24) is 14.5 Å². The summed E-state index contributed by atoms with van der Waals surface area (Å²) in [6.45, 7) is 4.73. The third-order valence-electron chi connectivity index (χ3n) is 4.26. The average molecular weight is 219 g/mol. The standard InChI is InChI=1S/C13H21N3/c1-10-5-3-8-16-12(10)9-14-13(16)11-6-4-7-15(11)2/h9-11H,3-8H2,1-2H3. The largest absolute Gasteiger partial charge is 0.330 e. The number of hydrogen-bond donors (Lipinski definition) is 0. The van der Waals surface area contributed by atoms with Gasteiger partial charge in [-0.1, -0.05) is 6.92 Å². The number of rotatable bonds is 1. The Morgan fingerprint density at radius 3 is 2.81 bits per heavy atom. The van der Waals surface area contributed by atoms with E-state index in [2.05, 4.69) is 29.6 Å². The summed E-state index contributed by atoms with van der Waals surface area (Å²) in [6.07, 6.45) is 7.35. The van der Waals surface area contributed by atoms with E-state index < -0.39 is 0 Å². The Labute approximate surface area is 97.5 Å². The molecule has 1 aromatic rings. The summed E-state index contributed by atoms with van der Waals surface area (Å²) in [6, 6.07) is 0.569. The van der Waals surface area contributed by atoms with E-state index in [-0.39, 0.29) is 0 Å². The van der Waals surface area contributed by atoms with Crippen LogP contribution in [0.2, 0.25) is 0 Å². The van der Waals surface area contributed by atoms with Gasteiger partial charge < -0.3 is 4.57 Å². The summed E-state index contributed by atoms with van der Waals surface area (Å²) in [5.41, 5.74) is 1.46. The van der Waals surface area contributed by atoms with Gasteiger partial charge in [0.1, 0.15) is 5.82 Å². The second-order valence-corrected chi connectivity index (χ2v) is 5.37. The number of fused-ring (bicyclic) bond motifs is 1. The van der Waals surface area contributed by atoms with Gasteiger partial charge in [0.15, 0.2) is 0 Å². The zero-order chi connectivity index (χ0) is 11.1. The molecular formula is C13H21N3. The molecule has 0 aromatic carbocycles. The van der Waals surface area contributed by atoms with Crippen LogP contribution in [0.5, 0.6) is 0 Å². The molecule has 2 aliphatic rings. The maximum atomic E-state index is 4.70. The van der Waals surface area contributed by atoms with Gasteiger partial charge >= 0.3 is 0 Å². The van der Waals surface area contributed by atoms with Crippen LogP contribution in [-0.2, 0) is 6.54 Å². The Balaban J connectivity index is 1.96. The van der Waals surface area contributed by atoms with Gasteiger partial charge in [0.25, 0.3) is 0 Å². The molecule has 0 saturated carbocycles. The van der Waals surface area contributed by atoms with Crippen molar-refractivity contribution in [3.05, 3.63) is 17.7 Å². The van der Waals surface area contributed by atoms with E-state index in [0.29, 0.717) is 12.0 Å². The van der Waals surface area contributed by atoms with Crippen molar-refractivity contribution in [2.75, 3.05) is 13.6 Å². The molecule has 3 nitrogen and oxygen atoms in total. The van der Waals surface area contributed by atoms with E-state index in [9.17, 15) is 0 Å². The molecule has 2 atom stereocenters. The first-order chi connectivity index (χ1) is 7.77. The van der Waals surface area contributed by atoms with Crippen LogP contribution in [0.15, 0.2) is 6.20 Å². The van der Waals surface area contributed by atoms with Crippen LogP contribution in [0.1, 0.15) is 56.1 Å². The molecule has 0 spiro atoms. The molecule has 0 radical (unpaired) electrons. The highest BCUT2D eigenvalue weighted by Gasteiger charge is 2.29. The van der Waals surface area contributed by atoms with Crippen LogP contribution in [0.4, 0.5) is 0 Å². The van der Waals surface area contributed by atoms with Crippen LogP contribution < -0.4 is 0 Å². The fraction of sp³-hybridized carbons (Fsp3) is 0.769. The highest BCUT2D eigenvalue weighted by atomic mass is 15.2. The summed E-state index contributed by atoms with van der Waals surface area (Å²) < 4.78 is 2.49. The van der Waals surface area contributed by atoms with Gasteiger partial charge in [-0.2, -0.15) is 0 Å². The molecule has 3 heterocycles. The van der Waals surface area contributed by atoms with E-state index in [1.165, 1.54) is 50.3 Å². The molecule has 2 aliphatic heterocycles. The molecule has 1 aromatic heterocycles. The Hall–Kier alpha value is -0.830. The Morgan fingerprint density at radius 1 is 1.25 bits per heavy atom. The quantitative estimate of drug-likeness (QED) is 0.723. The zero-order valence-electron chi connectivity index (χ0n) is 10.3. The Morgan fingerprint density at radius 2 is 2.06 bits per heavy atom. The average Bonchev–Trinajstić information content (AvgIpc) is 2.84. The van der Waals surface area contributed by atoms with Crippen LogP contribution in [0.3, 0.4) is 0 Å². The van der Waals surface area contributed by atoms with Crippen LogP contribution in [0.25, 0.3) is 0 Å². The van der Waals surface area contributed by atoms with Crippen molar-refractivity contribution < 1.29 is 0 Å². The molecule has 0 bridgehead atoms. The Bertz CT molecular complexity index is 383. The second-order valence-electron chi connectivity index (χ2n) is 5.37. The summed E-state index contributed by atoms with van der Waals surface area (Å²) in [4.78, 5) is 7.16. The molecule has 0 N–H and O–H groups in total. The first kappa shape index (κ1) is 10.3. The number of hydrogen-bond acceptors (Lipinski definition) is 2. The maximum absolute atomic E-state index is 4.70. The lowest BCUT2D eigenvalue weighted by atomic mass is 9.98. The molecule has 88 valence electrons. The number of likely N-dealkylation sites (tertiary alicyclic amines) is 1. The first-order valence-corrected chi connectivity index (χ1v) is 6.53. The van der Waals surface area contributed by atoms with Crippen molar-refractivity contribution in [2.45, 2.75) is 51.1 Å². The minimum atomic E-state index is 0.569. The molecule has 1 fully saturated rings. The molecule has 2 unspecified atom stereocenters. The molecule has 3 rings (SSSR count). The highest BCUT2D eigenvalue weighted by molar-refractivity contribution is 5.15. The molecule has 3 heteroatoms. The predicted octanol–water partition coefficient (Wildman–Crippen LogP) is 2.55. The smallest absolute Gasteiger partial charge is 0.126 e. The number of nitrogens with zero attached hydrogens (tertiary/aromatic N) is 3. The van der Waals surface area contributed by atoms with Gasteiger partial charge in [0.05, 0.1) is 6.04 Å². The molecule has 0 aliphatic carbocycles. The van der Waals surface area contributed by atoms with E-state index in [0.717, 1.165) is 0 Å². The van der Waals surface area contributed by atoms with Gasteiger partial charge in [0, 0.05) is 18.4 Å². The topological polar surface area (TPSA) is 21.1 Å². The fourth-order valence-corrected chi connectivity index (χ4v) is 3.25. The molecule has 16 heavy (non-hydrogen) atoms. The zero-order valence-corrected chi connectivity index (χ0v) is 10.3. The van der Waals surface area contributed by atoms with Crippen LogP contribution in [-0.4, -0.2) is 28.0 Å². The molecule has 0 amide bonds. The second kappa shape index (κ2) is 3.88. The third kappa shape index (κ3) is 1.49. The van der Waals surface area contributed by atoms with Crippen molar-refractivity contribution in [1.29, 1.82) is 0 Å². The van der Waals surface area contributed by atoms with Gasteiger partial charge in [-0.25, -0.2) is 4.98 Å². The maximum Gasteiger partial charge on any atom is 0.126 e. The lowest BCUT2D eigenvalue weighted by Crippen LogP contribution is -2.23. The van der Waals surface area contributed by atoms with Crippen molar-refractivity contribution >= 4 is 0 Å². The summed E-state index contributed by atoms with van der Waals surface area (Å²) in [5, 5.41) is 0. The van der Waals surface area contributed by atoms with Crippen molar-refractivity contribution in [3.8, 4) is 0 Å². The fourth-order valence-electron chi connectivity index (χ4n) is 3.25. The lowest BCUT2D eigenvalue weighted by molar-refractivity contribution is 0.292. The first-order valence-electron chi connectivity index (χ1n) is 6.53. The van der Waals surface area contributed by atoms with E-state index in [1.54, 1.807) is 0 Å². The van der Waals surface area contributed by atoms with Crippen molar-refractivity contribution in [3.63, 3.8) is 0 Å².